The molecule has 0 saturated carbocycles. The highest BCUT2D eigenvalue weighted by atomic mass is 16.1. The molecule has 4 heteroatoms. The summed E-state index contributed by atoms with van der Waals surface area (Å²) in [6, 6.07) is 11.3. The van der Waals surface area contributed by atoms with Crippen molar-refractivity contribution in [1.82, 2.24) is 14.8 Å². The minimum absolute atomic E-state index is 0.0618. The van der Waals surface area contributed by atoms with E-state index in [-0.39, 0.29) is 5.78 Å². The van der Waals surface area contributed by atoms with Crippen molar-refractivity contribution in [3.05, 3.63) is 60.0 Å². The molecule has 0 amide bonds. The lowest BCUT2D eigenvalue weighted by atomic mass is 10.1. The van der Waals surface area contributed by atoms with Gasteiger partial charge in [0.1, 0.15) is 5.69 Å². The number of ketones is 1. The molecule has 18 heavy (non-hydrogen) atoms. The zero-order chi connectivity index (χ0) is 12.5. The molecule has 0 fully saturated rings. The predicted molar refractivity (Wildman–Crippen MR) is 68.4 cm³/mol. The quantitative estimate of drug-likeness (QED) is 0.642. The van der Waals surface area contributed by atoms with Gasteiger partial charge in [0.05, 0.1) is 5.52 Å². The van der Waals surface area contributed by atoms with Gasteiger partial charge < -0.3 is 0 Å². The number of hydrogen-bond donors (Lipinski definition) is 0. The molecule has 4 nitrogen and oxygen atoms in total. The van der Waals surface area contributed by atoms with E-state index in [0.717, 1.165) is 10.9 Å². The molecular formula is C14H11N3O. The highest BCUT2D eigenvalue weighted by Gasteiger charge is 2.13. The number of rotatable bonds is 2. The maximum absolute atomic E-state index is 12.3. The molecule has 0 saturated heterocycles. The lowest BCUT2D eigenvalue weighted by molar-refractivity contribution is 0.103. The Morgan fingerprint density at radius 2 is 2.06 bits per heavy atom. The lowest BCUT2D eigenvalue weighted by Gasteiger charge is -2.03. The third-order valence-electron chi connectivity index (χ3n) is 2.91. The summed E-state index contributed by atoms with van der Waals surface area (Å²) in [6.45, 7) is 0. The molecule has 0 aliphatic carbocycles. The maximum Gasteiger partial charge on any atom is 0.212 e. The molecular weight excluding hydrogens is 226 g/mol. The Labute approximate surface area is 104 Å². The Kier molecular flexibility index (Phi) is 2.41. The number of carbonyl (C=O) groups excluding carboxylic acids is 1. The number of para-hydroxylation sites is 1. The first-order valence-electron chi connectivity index (χ1n) is 5.63. The van der Waals surface area contributed by atoms with E-state index >= 15 is 0 Å². The van der Waals surface area contributed by atoms with Gasteiger partial charge in [0, 0.05) is 30.4 Å². The van der Waals surface area contributed by atoms with Gasteiger partial charge in [0.2, 0.25) is 5.78 Å². The average molecular weight is 237 g/mol. The topological polar surface area (TPSA) is 47.8 Å². The number of benzene rings is 1. The van der Waals surface area contributed by atoms with Crippen LogP contribution in [0.4, 0.5) is 0 Å². The van der Waals surface area contributed by atoms with Crippen LogP contribution in [0.2, 0.25) is 0 Å². The van der Waals surface area contributed by atoms with Crippen LogP contribution in [0, 0.1) is 0 Å². The van der Waals surface area contributed by atoms with Crippen LogP contribution in [0.5, 0.6) is 0 Å². The molecule has 1 aromatic carbocycles. The van der Waals surface area contributed by atoms with Crippen molar-refractivity contribution in [2.75, 3.05) is 0 Å². The molecule has 88 valence electrons. The van der Waals surface area contributed by atoms with Crippen molar-refractivity contribution in [1.29, 1.82) is 0 Å². The van der Waals surface area contributed by atoms with E-state index in [1.807, 2.05) is 30.3 Å². The zero-order valence-corrected chi connectivity index (χ0v) is 9.87. The standard InChI is InChI=1S/C14H11N3O/c1-17-13(6-7-16-17)14(18)11-8-10-4-2-3-5-12(10)15-9-11/h2-9H,1H3. The molecule has 0 bridgehead atoms. The Balaban J connectivity index is 2.10. The van der Waals surface area contributed by atoms with Gasteiger partial charge in [-0.1, -0.05) is 18.2 Å². The minimum Gasteiger partial charge on any atom is -0.287 e. The van der Waals surface area contributed by atoms with E-state index in [0.29, 0.717) is 11.3 Å². The van der Waals surface area contributed by atoms with Gasteiger partial charge in [-0.3, -0.25) is 14.5 Å². The molecule has 0 unspecified atom stereocenters. The van der Waals surface area contributed by atoms with Gasteiger partial charge in [0.15, 0.2) is 0 Å². The molecule has 2 aromatic heterocycles. The largest absolute Gasteiger partial charge is 0.287 e. The molecule has 0 aliphatic heterocycles. The van der Waals surface area contributed by atoms with E-state index < -0.39 is 0 Å². The van der Waals surface area contributed by atoms with Gasteiger partial charge in [-0.25, -0.2) is 0 Å². The normalized spacial score (nSPS) is 10.7. The first kappa shape index (κ1) is 10.7. The number of aryl methyl sites for hydroxylation is 1. The Bertz CT molecular complexity index is 730. The van der Waals surface area contributed by atoms with Crippen LogP contribution in [0.15, 0.2) is 48.8 Å². The van der Waals surface area contributed by atoms with Crippen molar-refractivity contribution in [3.8, 4) is 0 Å². The molecule has 2 heterocycles. The summed E-state index contributed by atoms with van der Waals surface area (Å²) in [5.74, 6) is -0.0618. The SMILES string of the molecule is Cn1nccc1C(=O)c1cnc2ccccc2c1. The van der Waals surface area contributed by atoms with Crippen molar-refractivity contribution in [3.63, 3.8) is 0 Å². The second-order valence-corrected chi connectivity index (χ2v) is 4.09. The summed E-state index contributed by atoms with van der Waals surface area (Å²) in [6.07, 6.45) is 3.22. The van der Waals surface area contributed by atoms with Crippen LogP contribution in [-0.4, -0.2) is 20.5 Å². The van der Waals surface area contributed by atoms with E-state index in [9.17, 15) is 4.79 Å². The van der Waals surface area contributed by atoms with Gasteiger partial charge in [-0.2, -0.15) is 5.10 Å². The number of hydrogen-bond acceptors (Lipinski definition) is 3. The Hall–Kier alpha value is -2.49. The first-order chi connectivity index (χ1) is 8.75. The summed E-state index contributed by atoms with van der Waals surface area (Å²) in [4.78, 5) is 16.6. The van der Waals surface area contributed by atoms with E-state index in [1.165, 1.54) is 0 Å². The lowest BCUT2D eigenvalue weighted by Crippen LogP contribution is -2.08. The van der Waals surface area contributed by atoms with Crippen LogP contribution in [0.25, 0.3) is 10.9 Å². The summed E-state index contributed by atoms with van der Waals surface area (Å²) in [5, 5.41) is 4.96. The molecule has 0 spiro atoms. The highest BCUT2D eigenvalue weighted by Crippen LogP contribution is 2.15. The fraction of sp³-hybridized carbons (Fsp3) is 0.0714. The maximum atomic E-state index is 12.3. The average Bonchev–Trinajstić information content (AvgIpc) is 2.83. The summed E-state index contributed by atoms with van der Waals surface area (Å²) >= 11 is 0. The molecule has 3 aromatic rings. The molecule has 0 aliphatic rings. The van der Waals surface area contributed by atoms with Crippen LogP contribution < -0.4 is 0 Å². The third-order valence-corrected chi connectivity index (χ3v) is 2.91. The summed E-state index contributed by atoms with van der Waals surface area (Å²) in [5.41, 5.74) is 2.03. The number of pyridine rings is 1. The van der Waals surface area contributed by atoms with E-state index in [1.54, 1.807) is 30.2 Å². The van der Waals surface area contributed by atoms with Crippen molar-refractivity contribution < 1.29 is 4.79 Å². The third kappa shape index (κ3) is 1.68. The molecule has 3 rings (SSSR count). The first-order valence-corrected chi connectivity index (χ1v) is 5.63. The monoisotopic (exact) mass is 237 g/mol. The van der Waals surface area contributed by atoms with Crippen molar-refractivity contribution >= 4 is 16.7 Å². The minimum atomic E-state index is -0.0618. The fourth-order valence-corrected chi connectivity index (χ4v) is 1.94. The fourth-order valence-electron chi connectivity index (χ4n) is 1.94. The zero-order valence-electron chi connectivity index (χ0n) is 9.87. The molecule has 0 N–H and O–H groups in total. The predicted octanol–water partition coefficient (Wildman–Crippen LogP) is 2.20. The molecule has 0 radical (unpaired) electrons. The summed E-state index contributed by atoms with van der Waals surface area (Å²) < 4.78 is 1.57. The van der Waals surface area contributed by atoms with E-state index in [2.05, 4.69) is 10.1 Å². The second-order valence-electron chi connectivity index (χ2n) is 4.09. The Morgan fingerprint density at radius 1 is 1.22 bits per heavy atom. The van der Waals surface area contributed by atoms with Crippen LogP contribution in [-0.2, 0) is 7.05 Å². The van der Waals surface area contributed by atoms with E-state index in [4.69, 9.17) is 0 Å². The highest BCUT2D eigenvalue weighted by molar-refractivity contribution is 6.09. The van der Waals surface area contributed by atoms with Crippen LogP contribution in [0.3, 0.4) is 0 Å². The van der Waals surface area contributed by atoms with Gasteiger partial charge in [0.25, 0.3) is 0 Å². The summed E-state index contributed by atoms with van der Waals surface area (Å²) in [7, 11) is 1.75. The number of fused-ring (bicyclic) bond motifs is 1. The Morgan fingerprint density at radius 3 is 2.83 bits per heavy atom. The van der Waals surface area contributed by atoms with Crippen LogP contribution >= 0.6 is 0 Å². The number of aromatic nitrogens is 3. The smallest absolute Gasteiger partial charge is 0.212 e. The van der Waals surface area contributed by atoms with Crippen molar-refractivity contribution in [2.45, 2.75) is 0 Å². The number of nitrogens with zero attached hydrogens (tertiary/aromatic N) is 3. The van der Waals surface area contributed by atoms with Gasteiger partial charge in [-0.15, -0.1) is 0 Å². The second kappa shape index (κ2) is 4.07. The molecule has 0 atom stereocenters. The van der Waals surface area contributed by atoms with Crippen LogP contribution in [0.1, 0.15) is 16.1 Å². The van der Waals surface area contributed by atoms with Gasteiger partial charge >= 0.3 is 0 Å². The van der Waals surface area contributed by atoms with Gasteiger partial charge in [-0.05, 0) is 18.2 Å². The number of carbonyl (C=O) groups is 1. The van der Waals surface area contributed by atoms with Crippen molar-refractivity contribution in [2.24, 2.45) is 7.05 Å².